The lowest BCUT2D eigenvalue weighted by atomic mass is 10.1. The zero-order valence-electron chi connectivity index (χ0n) is 13.8. The largest absolute Gasteiger partial charge is 0.508 e. The molecule has 0 unspecified atom stereocenters. The molecule has 4 nitrogen and oxygen atoms in total. The van der Waals surface area contributed by atoms with E-state index in [9.17, 15) is 5.11 Å². The number of aromatic nitrogens is 1. The molecule has 3 rings (SSSR count). The number of hydrogen-bond acceptors (Lipinski definition) is 4. The van der Waals surface area contributed by atoms with E-state index < -0.39 is 0 Å². The van der Waals surface area contributed by atoms with Crippen LogP contribution in [0.5, 0.6) is 5.75 Å². The van der Waals surface area contributed by atoms with Crippen molar-refractivity contribution in [1.82, 2.24) is 14.8 Å². The van der Waals surface area contributed by atoms with E-state index >= 15 is 0 Å². The van der Waals surface area contributed by atoms with Gasteiger partial charge in [0.2, 0.25) is 0 Å². The van der Waals surface area contributed by atoms with Crippen molar-refractivity contribution in [2.24, 2.45) is 0 Å². The lowest BCUT2D eigenvalue weighted by molar-refractivity contribution is 0.126. The van der Waals surface area contributed by atoms with Gasteiger partial charge in [0.15, 0.2) is 0 Å². The number of piperazine rings is 1. The molecule has 0 radical (unpaired) electrons. The minimum absolute atomic E-state index is 0.376. The van der Waals surface area contributed by atoms with Crippen LogP contribution in [0.1, 0.15) is 18.9 Å². The first-order chi connectivity index (χ1) is 11.3. The van der Waals surface area contributed by atoms with Crippen molar-refractivity contribution in [3.63, 3.8) is 0 Å². The molecule has 1 aromatic carbocycles. The fourth-order valence-electron chi connectivity index (χ4n) is 3.13. The van der Waals surface area contributed by atoms with E-state index in [1.165, 1.54) is 13.0 Å². The highest BCUT2D eigenvalue weighted by molar-refractivity contribution is 5.61. The lowest BCUT2D eigenvalue weighted by Crippen LogP contribution is -2.45. The molecule has 4 heteroatoms. The van der Waals surface area contributed by atoms with E-state index in [1.807, 2.05) is 24.3 Å². The van der Waals surface area contributed by atoms with E-state index in [-0.39, 0.29) is 0 Å². The van der Waals surface area contributed by atoms with Gasteiger partial charge in [-0.25, -0.2) is 0 Å². The molecule has 1 aliphatic heterocycles. The van der Waals surface area contributed by atoms with Crippen LogP contribution in [-0.2, 0) is 6.54 Å². The highest BCUT2D eigenvalue weighted by Crippen LogP contribution is 2.26. The summed E-state index contributed by atoms with van der Waals surface area (Å²) in [5.74, 6) is 0.376. The van der Waals surface area contributed by atoms with Crippen LogP contribution in [0.4, 0.5) is 0 Å². The van der Waals surface area contributed by atoms with Crippen molar-refractivity contribution < 1.29 is 5.11 Å². The molecule has 122 valence electrons. The highest BCUT2D eigenvalue weighted by Gasteiger charge is 2.17. The average Bonchev–Trinajstić information content (AvgIpc) is 2.59. The van der Waals surface area contributed by atoms with Gasteiger partial charge in [0, 0.05) is 50.0 Å². The average molecular weight is 311 g/mol. The summed E-state index contributed by atoms with van der Waals surface area (Å²) < 4.78 is 0. The molecule has 0 atom stereocenters. The highest BCUT2D eigenvalue weighted by atomic mass is 16.3. The van der Waals surface area contributed by atoms with E-state index in [1.54, 1.807) is 12.3 Å². The summed E-state index contributed by atoms with van der Waals surface area (Å²) in [4.78, 5) is 9.33. The predicted octanol–water partition coefficient (Wildman–Crippen LogP) is 2.98. The van der Waals surface area contributed by atoms with Gasteiger partial charge in [-0.2, -0.15) is 0 Å². The van der Waals surface area contributed by atoms with Gasteiger partial charge >= 0.3 is 0 Å². The Morgan fingerprint density at radius 1 is 1.04 bits per heavy atom. The summed E-state index contributed by atoms with van der Waals surface area (Å²) in [7, 11) is 0. The number of hydrogen-bond donors (Lipinski definition) is 1. The summed E-state index contributed by atoms with van der Waals surface area (Å²) in [6, 6.07) is 11.7. The fourth-order valence-corrected chi connectivity index (χ4v) is 3.13. The maximum absolute atomic E-state index is 10.2. The Morgan fingerprint density at radius 3 is 2.52 bits per heavy atom. The number of aromatic hydroxyl groups is 1. The minimum Gasteiger partial charge on any atom is -0.508 e. The number of phenols is 1. The van der Waals surface area contributed by atoms with E-state index in [0.717, 1.165) is 49.5 Å². The topological polar surface area (TPSA) is 39.6 Å². The van der Waals surface area contributed by atoms with Gasteiger partial charge in [-0.3, -0.25) is 9.88 Å². The molecular weight excluding hydrogens is 286 g/mol. The molecule has 1 saturated heterocycles. The third-order valence-electron chi connectivity index (χ3n) is 4.44. The number of nitrogens with zero attached hydrogens (tertiary/aromatic N) is 3. The van der Waals surface area contributed by atoms with Crippen LogP contribution in [0.2, 0.25) is 0 Å². The van der Waals surface area contributed by atoms with E-state index in [0.29, 0.717) is 5.75 Å². The Kier molecular flexibility index (Phi) is 5.26. The van der Waals surface area contributed by atoms with Crippen LogP contribution in [-0.4, -0.2) is 52.6 Å². The van der Waals surface area contributed by atoms with E-state index in [4.69, 9.17) is 0 Å². The molecule has 0 saturated carbocycles. The third kappa shape index (κ3) is 4.09. The molecule has 0 amide bonds. The summed E-state index contributed by atoms with van der Waals surface area (Å²) >= 11 is 0. The molecule has 23 heavy (non-hydrogen) atoms. The van der Waals surface area contributed by atoms with E-state index in [2.05, 4.69) is 27.8 Å². The normalized spacial score (nSPS) is 16.6. The first kappa shape index (κ1) is 16.0. The van der Waals surface area contributed by atoms with Gasteiger partial charge in [0.25, 0.3) is 0 Å². The van der Waals surface area contributed by atoms with Crippen LogP contribution in [0.15, 0.2) is 42.6 Å². The zero-order chi connectivity index (χ0) is 16.1. The monoisotopic (exact) mass is 311 g/mol. The quantitative estimate of drug-likeness (QED) is 0.921. The van der Waals surface area contributed by atoms with Gasteiger partial charge in [0.05, 0.1) is 5.69 Å². The van der Waals surface area contributed by atoms with Crippen molar-refractivity contribution >= 4 is 0 Å². The van der Waals surface area contributed by atoms with Gasteiger partial charge in [-0.05, 0) is 43.3 Å². The van der Waals surface area contributed by atoms with Crippen LogP contribution in [0, 0.1) is 0 Å². The summed E-state index contributed by atoms with van der Waals surface area (Å²) in [6.07, 6.45) is 3.02. The summed E-state index contributed by atoms with van der Waals surface area (Å²) in [5.41, 5.74) is 2.99. The molecular formula is C19H25N3O. The van der Waals surface area contributed by atoms with Crippen LogP contribution < -0.4 is 0 Å². The van der Waals surface area contributed by atoms with Crippen molar-refractivity contribution in [3.8, 4) is 17.0 Å². The fraction of sp³-hybridized carbons (Fsp3) is 0.421. The first-order valence-electron chi connectivity index (χ1n) is 8.44. The maximum Gasteiger partial charge on any atom is 0.120 e. The maximum atomic E-state index is 10.2. The smallest absolute Gasteiger partial charge is 0.120 e. The van der Waals surface area contributed by atoms with Crippen LogP contribution in [0.3, 0.4) is 0 Å². The molecule has 0 bridgehead atoms. The standard InChI is InChI=1S/C19H25N3O/c1-2-9-21-10-12-22(13-11-21)15-17-14-16(6-7-19(17)23)18-5-3-4-8-20-18/h3-8,14,23H,2,9-13,15H2,1H3. The second kappa shape index (κ2) is 7.57. The Labute approximate surface area is 138 Å². The van der Waals surface area contributed by atoms with Crippen LogP contribution in [0.25, 0.3) is 11.3 Å². The lowest BCUT2D eigenvalue weighted by Gasteiger charge is -2.34. The van der Waals surface area contributed by atoms with Crippen molar-refractivity contribution in [2.75, 3.05) is 32.7 Å². The Hall–Kier alpha value is -1.91. The molecule has 1 N–H and O–H groups in total. The van der Waals surface area contributed by atoms with Gasteiger partial charge in [0.1, 0.15) is 5.75 Å². The number of pyridine rings is 1. The molecule has 1 aromatic heterocycles. The molecule has 0 spiro atoms. The molecule has 0 aliphatic carbocycles. The summed E-state index contributed by atoms with van der Waals surface area (Å²) in [5, 5.41) is 10.2. The van der Waals surface area contributed by atoms with Crippen molar-refractivity contribution in [2.45, 2.75) is 19.9 Å². The number of benzene rings is 1. The van der Waals surface area contributed by atoms with Crippen molar-refractivity contribution in [3.05, 3.63) is 48.2 Å². The second-order valence-corrected chi connectivity index (χ2v) is 6.18. The minimum atomic E-state index is 0.376. The Balaban J connectivity index is 1.68. The predicted molar refractivity (Wildman–Crippen MR) is 93.3 cm³/mol. The molecule has 1 fully saturated rings. The van der Waals surface area contributed by atoms with Crippen molar-refractivity contribution in [1.29, 1.82) is 0 Å². The van der Waals surface area contributed by atoms with Crippen LogP contribution >= 0.6 is 0 Å². The zero-order valence-corrected chi connectivity index (χ0v) is 13.8. The summed E-state index contributed by atoms with van der Waals surface area (Å²) in [6.45, 7) is 8.58. The SMILES string of the molecule is CCCN1CCN(Cc2cc(-c3ccccn3)ccc2O)CC1. The Morgan fingerprint density at radius 2 is 1.83 bits per heavy atom. The second-order valence-electron chi connectivity index (χ2n) is 6.18. The number of rotatable bonds is 5. The van der Waals surface area contributed by atoms with Gasteiger partial charge in [-0.15, -0.1) is 0 Å². The number of phenolic OH excluding ortho intramolecular Hbond substituents is 1. The Bertz CT molecular complexity index is 622. The third-order valence-corrected chi connectivity index (χ3v) is 4.44. The van der Waals surface area contributed by atoms with Gasteiger partial charge in [-0.1, -0.05) is 13.0 Å². The molecule has 2 aromatic rings. The van der Waals surface area contributed by atoms with Gasteiger partial charge < -0.3 is 10.0 Å². The molecule has 2 heterocycles. The first-order valence-corrected chi connectivity index (χ1v) is 8.44. The molecule has 1 aliphatic rings.